The Balaban J connectivity index is 1.63. The van der Waals surface area contributed by atoms with Gasteiger partial charge in [0.2, 0.25) is 0 Å². The molecule has 29 heavy (non-hydrogen) atoms. The summed E-state index contributed by atoms with van der Waals surface area (Å²) in [6.45, 7) is 2.32. The first-order chi connectivity index (χ1) is 14.2. The van der Waals surface area contributed by atoms with Crippen molar-refractivity contribution in [2.75, 3.05) is 5.32 Å². The Bertz CT molecular complexity index is 1090. The molecule has 4 aromatic rings. The Morgan fingerprint density at radius 1 is 0.966 bits per heavy atom. The summed E-state index contributed by atoms with van der Waals surface area (Å²) in [6.07, 6.45) is 1.57. The molecule has 2 aromatic heterocycles. The van der Waals surface area contributed by atoms with Gasteiger partial charge in [0.05, 0.1) is 12.8 Å². The van der Waals surface area contributed by atoms with Gasteiger partial charge in [0, 0.05) is 17.3 Å². The summed E-state index contributed by atoms with van der Waals surface area (Å²) in [5.74, 6) is 1.40. The minimum absolute atomic E-state index is 0.278. The van der Waals surface area contributed by atoms with Crippen molar-refractivity contribution in [1.82, 2.24) is 15.3 Å². The van der Waals surface area contributed by atoms with E-state index in [9.17, 15) is 4.79 Å². The third kappa shape index (κ3) is 4.68. The first-order valence-electron chi connectivity index (χ1n) is 9.26. The van der Waals surface area contributed by atoms with Crippen molar-refractivity contribution in [3.8, 4) is 11.4 Å². The average Bonchev–Trinajstić information content (AvgIpc) is 3.28. The molecule has 4 rings (SSSR count). The van der Waals surface area contributed by atoms with Crippen LogP contribution >= 0.6 is 0 Å². The molecule has 0 radical (unpaired) electrons. The van der Waals surface area contributed by atoms with E-state index in [2.05, 4.69) is 20.6 Å². The number of nitrogens with zero attached hydrogens (tertiary/aromatic N) is 2. The van der Waals surface area contributed by atoms with Gasteiger partial charge in [-0.3, -0.25) is 4.79 Å². The van der Waals surface area contributed by atoms with Gasteiger partial charge in [0.1, 0.15) is 17.3 Å². The van der Waals surface area contributed by atoms with Crippen LogP contribution in [0, 0.1) is 6.92 Å². The molecule has 0 aliphatic carbocycles. The maximum atomic E-state index is 12.7. The van der Waals surface area contributed by atoms with Crippen LogP contribution in [0.2, 0.25) is 0 Å². The van der Waals surface area contributed by atoms with E-state index in [0.29, 0.717) is 17.4 Å². The largest absolute Gasteiger partial charge is 0.467 e. The molecule has 0 atom stereocenters. The first-order valence-corrected chi connectivity index (χ1v) is 9.26. The Labute approximate surface area is 168 Å². The fourth-order valence-corrected chi connectivity index (χ4v) is 2.80. The molecule has 0 fully saturated rings. The van der Waals surface area contributed by atoms with E-state index in [0.717, 1.165) is 11.3 Å². The number of carbonyl (C=O) groups excluding carboxylic acids is 1. The second kappa shape index (κ2) is 8.39. The number of rotatable bonds is 6. The molecule has 0 saturated carbocycles. The Morgan fingerprint density at radius 2 is 1.76 bits per heavy atom. The van der Waals surface area contributed by atoms with Gasteiger partial charge in [-0.15, -0.1) is 0 Å². The van der Waals surface area contributed by atoms with Crippen LogP contribution in [0.1, 0.15) is 21.8 Å². The molecule has 0 unspecified atom stereocenters. The zero-order valence-corrected chi connectivity index (χ0v) is 15.9. The van der Waals surface area contributed by atoms with Crippen LogP contribution in [0.25, 0.3) is 11.4 Å². The number of anilines is 2. The molecule has 0 bridgehead atoms. The summed E-state index contributed by atoms with van der Waals surface area (Å²) < 4.78 is 5.27. The van der Waals surface area contributed by atoms with E-state index >= 15 is 0 Å². The van der Waals surface area contributed by atoms with E-state index in [1.165, 1.54) is 5.56 Å². The summed E-state index contributed by atoms with van der Waals surface area (Å²) in [4.78, 5) is 21.8. The van der Waals surface area contributed by atoms with Crippen molar-refractivity contribution in [3.63, 3.8) is 0 Å². The van der Waals surface area contributed by atoms with Crippen LogP contribution in [0.3, 0.4) is 0 Å². The van der Waals surface area contributed by atoms with Crippen LogP contribution in [0.15, 0.2) is 83.5 Å². The fourth-order valence-electron chi connectivity index (χ4n) is 2.80. The Morgan fingerprint density at radius 3 is 2.48 bits per heavy atom. The van der Waals surface area contributed by atoms with Crippen LogP contribution in [-0.4, -0.2) is 15.9 Å². The van der Waals surface area contributed by atoms with Gasteiger partial charge in [-0.2, -0.15) is 0 Å². The highest BCUT2D eigenvalue weighted by molar-refractivity contribution is 5.93. The van der Waals surface area contributed by atoms with E-state index in [4.69, 9.17) is 4.42 Å². The van der Waals surface area contributed by atoms with E-state index in [-0.39, 0.29) is 18.1 Å². The van der Waals surface area contributed by atoms with E-state index in [1.54, 1.807) is 24.5 Å². The minimum Gasteiger partial charge on any atom is -0.467 e. The van der Waals surface area contributed by atoms with Gasteiger partial charge in [0.15, 0.2) is 5.82 Å². The van der Waals surface area contributed by atoms with Crippen molar-refractivity contribution in [3.05, 3.63) is 96.1 Å². The van der Waals surface area contributed by atoms with E-state index < -0.39 is 0 Å². The lowest BCUT2D eigenvalue weighted by Gasteiger charge is -2.11. The number of benzene rings is 2. The highest BCUT2D eigenvalue weighted by atomic mass is 16.3. The van der Waals surface area contributed by atoms with Crippen LogP contribution in [0.4, 0.5) is 11.5 Å². The lowest BCUT2D eigenvalue weighted by Crippen LogP contribution is -2.24. The SMILES string of the molecule is Cc1ccc(Nc2cc(C(=O)NCc3ccco3)nc(-c3ccccc3)n2)cc1. The molecular weight excluding hydrogens is 364 g/mol. The Kier molecular flexibility index (Phi) is 5.33. The molecule has 1 amide bonds. The van der Waals surface area contributed by atoms with Gasteiger partial charge in [-0.05, 0) is 31.2 Å². The van der Waals surface area contributed by atoms with Crippen molar-refractivity contribution < 1.29 is 9.21 Å². The predicted molar refractivity (Wildman–Crippen MR) is 112 cm³/mol. The molecular formula is C23H20N4O2. The number of aryl methyl sites for hydroxylation is 1. The zero-order valence-electron chi connectivity index (χ0n) is 15.9. The molecule has 2 N–H and O–H groups in total. The number of furan rings is 1. The number of amides is 1. The highest BCUT2D eigenvalue weighted by Crippen LogP contribution is 2.21. The highest BCUT2D eigenvalue weighted by Gasteiger charge is 2.14. The molecule has 0 aliphatic heterocycles. The maximum absolute atomic E-state index is 12.7. The Hall–Kier alpha value is -3.93. The molecule has 2 heterocycles. The van der Waals surface area contributed by atoms with Gasteiger partial charge in [-0.25, -0.2) is 9.97 Å². The quantitative estimate of drug-likeness (QED) is 0.503. The third-order valence-electron chi connectivity index (χ3n) is 4.32. The van der Waals surface area contributed by atoms with Crippen LogP contribution in [0.5, 0.6) is 0 Å². The second-order valence-electron chi connectivity index (χ2n) is 6.58. The normalized spacial score (nSPS) is 10.5. The topological polar surface area (TPSA) is 80.0 Å². The summed E-state index contributed by atoms with van der Waals surface area (Å²) in [5.41, 5.74) is 3.16. The molecule has 0 saturated heterocycles. The molecule has 2 aromatic carbocycles. The zero-order chi connectivity index (χ0) is 20.1. The standard InChI is InChI=1S/C23H20N4O2/c1-16-9-11-18(12-10-16)25-21-14-20(23(28)24-15-19-8-5-13-29-19)26-22(27-21)17-6-3-2-4-7-17/h2-14H,15H2,1H3,(H,24,28)(H,25,26,27). The summed E-state index contributed by atoms with van der Waals surface area (Å²) in [5, 5.41) is 6.08. The third-order valence-corrected chi connectivity index (χ3v) is 4.32. The lowest BCUT2D eigenvalue weighted by molar-refractivity contribution is 0.0943. The van der Waals surface area contributed by atoms with Gasteiger partial charge in [-0.1, -0.05) is 48.0 Å². The van der Waals surface area contributed by atoms with Crippen molar-refractivity contribution in [1.29, 1.82) is 0 Å². The average molecular weight is 384 g/mol. The number of carbonyl (C=O) groups is 1. The van der Waals surface area contributed by atoms with Gasteiger partial charge in [0.25, 0.3) is 5.91 Å². The van der Waals surface area contributed by atoms with Crippen molar-refractivity contribution in [2.24, 2.45) is 0 Å². The molecule has 0 aliphatic rings. The molecule has 6 nitrogen and oxygen atoms in total. The number of hydrogen-bond donors (Lipinski definition) is 2. The van der Waals surface area contributed by atoms with Crippen LogP contribution in [-0.2, 0) is 6.54 Å². The molecule has 144 valence electrons. The first kappa shape index (κ1) is 18.4. The van der Waals surface area contributed by atoms with E-state index in [1.807, 2.05) is 61.5 Å². The van der Waals surface area contributed by atoms with Gasteiger partial charge < -0.3 is 15.1 Å². The number of hydrogen-bond acceptors (Lipinski definition) is 5. The summed E-state index contributed by atoms with van der Waals surface area (Å²) in [7, 11) is 0. The second-order valence-corrected chi connectivity index (χ2v) is 6.58. The van der Waals surface area contributed by atoms with Crippen molar-refractivity contribution in [2.45, 2.75) is 13.5 Å². The number of aromatic nitrogens is 2. The van der Waals surface area contributed by atoms with Crippen LogP contribution < -0.4 is 10.6 Å². The minimum atomic E-state index is -0.298. The smallest absolute Gasteiger partial charge is 0.270 e. The number of nitrogens with one attached hydrogen (secondary N) is 2. The summed E-state index contributed by atoms with van der Waals surface area (Å²) in [6, 6.07) is 22.8. The maximum Gasteiger partial charge on any atom is 0.270 e. The monoisotopic (exact) mass is 384 g/mol. The van der Waals surface area contributed by atoms with Crippen molar-refractivity contribution >= 4 is 17.4 Å². The fraction of sp³-hybridized carbons (Fsp3) is 0.0870. The molecule has 0 spiro atoms. The van der Waals surface area contributed by atoms with Gasteiger partial charge >= 0.3 is 0 Å². The molecule has 6 heteroatoms. The summed E-state index contributed by atoms with van der Waals surface area (Å²) >= 11 is 0. The predicted octanol–water partition coefficient (Wildman–Crippen LogP) is 4.72. The lowest BCUT2D eigenvalue weighted by atomic mass is 10.2.